The van der Waals surface area contributed by atoms with Gasteiger partial charge in [0, 0.05) is 43.7 Å². The first-order chi connectivity index (χ1) is 14.3. The van der Waals surface area contributed by atoms with Gasteiger partial charge in [-0.1, -0.05) is 18.2 Å². The lowest BCUT2D eigenvalue weighted by molar-refractivity contribution is -0.126. The Labute approximate surface area is 175 Å². The monoisotopic (exact) mass is 411 g/mol. The second kappa shape index (κ2) is 9.52. The fourth-order valence-corrected chi connectivity index (χ4v) is 3.54. The first-order valence-corrected chi connectivity index (χ1v) is 10.0. The number of aryl methyl sites for hydroxylation is 1. The molecule has 1 saturated heterocycles. The number of piperidine rings is 1. The third-order valence-corrected chi connectivity index (χ3v) is 5.29. The van der Waals surface area contributed by atoms with Crippen LogP contribution in [0.5, 0.6) is 0 Å². The van der Waals surface area contributed by atoms with Crippen LogP contribution in [0.2, 0.25) is 0 Å². The highest BCUT2D eigenvalue weighted by atomic mass is 19.1. The lowest BCUT2D eigenvalue weighted by Gasteiger charge is -2.31. The number of hydrogen-bond acceptors (Lipinski definition) is 3. The fourth-order valence-electron chi connectivity index (χ4n) is 3.54. The minimum Gasteiger partial charge on any atom is -0.352 e. The van der Waals surface area contributed by atoms with Gasteiger partial charge < -0.3 is 15.5 Å². The molecule has 1 aliphatic rings. The molecule has 7 heteroatoms. The first-order valence-electron chi connectivity index (χ1n) is 10.0. The van der Waals surface area contributed by atoms with E-state index in [0.29, 0.717) is 42.7 Å². The third-order valence-electron chi connectivity index (χ3n) is 5.29. The van der Waals surface area contributed by atoms with Crippen LogP contribution in [0, 0.1) is 18.7 Å². The van der Waals surface area contributed by atoms with E-state index in [9.17, 15) is 18.8 Å². The van der Waals surface area contributed by atoms with Gasteiger partial charge >= 0.3 is 0 Å². The number of carbonyl (C=O) groups is 3. The summed E-state index contributed by atoms with van der Waals surface area (Å²) in [6.07, 6.45) is 1.15. The van der Waals surface area contributed by atoms with Crippen molar-refractivity contribution in [3.63, 3.8) is 0 Å². The van der Waals surface area contributed by atoms with Gasteiger partial charge in [0.25, 0.3) is 5.91 Å². The Kier molecular flexibility index (Phi) is 6.82. The lowest BCUT2D eigenvalue weighted by Crippen LogP contribution is -2.42. The molecule has 0 unspecified atom stereocenters. The molecule has 1 heterocycles. The summed E-state index contributed by atoms with van der Waals surface area (Å²) in [6, 6.07) is 11.8. The van der Waals surface area contributed by atoms with Gasteiger partial charge in [0.1, 0.15) is 5.82 Å². The van der Waals surface area contributed by atoms with Gasteiger partial charge in [-0.15, -0.1) is 0 Å². The SMILES string of the molecule is CC(=O)Nc1cccc(C(=O)N2CCC(C(=O)NCc3ccc(C)c(F)c3)CC2)c1. The van der Waals surface area contributed by atoms with Crippen LogP contribution in [-0.4, -0.2) is 35.7 Å². The molecule has 30 heavy (non-hydrogen) atoms. The van der Waals surface area contributed by atoms with Gasteiger partial charge in [0.15, 0.2) is 0 Å². The van der Waals surface area contributed by atoms with Crippen LogP contribution < -0.4 is 10.6 Å². The average Bonchev–Trinajstić information content (AvgIpc) is 2.73. The van der Waals surface area contributed by atoms with E-state index < -0.39 is 0 Å². The molecule has 0 atom stereocenters. The molecule has 158 valence electrons. The number of rotatable bonds is 5. The molecule has 0 aromatic heterocycles. The number of halogens is 1. The lowest BCUT2D eigenvalue weighted by atomic mass is 9.95. The largest absolute Gasteiger partial charge is 0.352 e. The van der Waals surface area contributed by atoms with Crippen LogP contribution >= 0.6 is 0 Å². The second-order valence-corrected chi connectivity index (χ2v) is 7.63. The summed E-state index contributed by atoms with van der Waals surface area (Å²) >= 11 is 0. The Hall–Kier alpha value is -3.22. The van der Waals surface area contributed by atoms with E-state index in [1.807, 2.05) is 0 Å². The van der Waals surface area contributed by atoms with Gasteiger partial charge in [-0.25, -0.2) is 4.39 Å². The second-order valence-electron chi connectivity index (χ2n) is 7.63. The predicted octanol–water partition coefficient (Wildman–Crippen LogP) is 3.26. The Bertz CT molecular complexity index is 952. The molecule has 2 N–H and O–H groups in total. The van der Waals surface area contributed by atoms with E-state index >= 15 is 0 Å². The van der Waals surface area contributed by atoms with Crippen LogP contribution in [0.4, 0.5) is 10.1 Å². The molecule has 0 saturated carbocycles. The zero-order chi connectivity index (χ0) is 21.7. The van der Waals surface area contributed by atoms with Gasteiger partial charge in [0.05, 0.1) is 0 Å². The highest BCUT2D eigenvalue weighted by Gasteiger charge is 2.27. The number of amides is 3. The Morgan fingerprint density at radius 1 is 1.10 bits per heavy atom. The summed E-state index contributed by atoms with van der Waals surface area (Å²) in [5.74, 6) is -0.835. The zero-order valence-electron chi connectivity index (χ0n) is 17.2. The molecular weight excluding hydrogens is 385 g/mol. The molecule has 2 aromatic rings. The predicted molar refractivity (Wildman–Crippen MR) is 112 cm³/mol. The van der Waals surface area contributed by atoms with Gasteiger partial charge in [-0.2, -0.15) is 0 Å². The number of hydrogen-bond donors (Lipinski definition) is 2. The van der Waals surface area contributed by atoms with Crippen molar-refractivity contribution in [2.75, 3.05) is 18.4 Å². The molecule has 6 nitrogen and oxygen atoms in total. The van der Waals surface area contributed by atoms with E-state index in [-0.39, 0.29) is 36.0 Å². The van der Waals surface area contributed by atoms with Crippen molar-refractivity contribution in [2.24, 2.45) is 5.92 Å². The molecule has 2 aromatic carbocycles. The third kappa shape index (κ3) is 5.43. The quantitative estimate of drug-likeness (QED) is 0.793. The molecule has 3 rings (SSSR count). The molecule has 0 aliphatic carbocycles. The number of nitrogens with zero attached hydrogens (tertiary/aromatic N) is 1. The summed E-state index contributed by atoms with van der Waals surface area (Å²) in [7, 11) is 0. The van der Waals surface area contributed by atoms with Crippen LogP contribution in [0.1, 0.15) is 41.3 Å². The summed E-state index contributed by atoms with van der Waals surface area (Å²) in [6.45, 7) is 4.37. The van der Waals surface area contributed by atoms with Crippen molar-refractivity contribution < 1.29 is 18.8 Å². The first kappa shape index (κ1) is 21.5. The maximum atomic E-state index is 13.6. The zero-order valence-corrected chi connectivity index (χ0v) is 17.2. The van der Waals surface area contributed by atoms with Crippen molar-refractivity contribution in [3.8, 4) is 0 Å². The van der Waals surface area contributed by atoms with Crippen LogP contribution in [0.25, 0.3) is 0 Å². The number of likely N-dealkylation sites (tertiary alicyclic amines) is 1. The molecular formula is C23H26FN3O3. The highest BCUT2D eigenvalue weighted by molar-refractivity contribution is 5.97. The van der Waals surface area contributed by atoms with Crippen LogP contribution in [0.3, 0.4) is 0 Å². The Balaban J connectivity index is 1.51. The minimum absolute atomic E-state index is 0.0734. The standard InChI is InChI=1S/C23H26FN3O3/c1-15-6-7-17(12-21(15)24)14-25-22(29)18-8-10-27(11-9-18)23(30)19-4-3-5-20(13-19)26-16(2)28/h3-7,12-13,18H,8-11,14H2,1-2H3,(H,25,29)(H,26,28). The number of nitrogens with one attached hydrogen (secondary N) is 2. The molecule has 3 amide bonds. The van der Waals surface area contributed by atoms with E-state index in [1.54, 1.807) is 48.2 Å². The van der Waals surface area contributed by atoms with E-state index in [1.165, 1.54) is 13.0 Å². The van der Waals surface area contributed by atoms with Crippen molar-refractivity contribution in [2.45, 2.75) is 33.2 Å². The van der Waals surface area contributed by atoms with Crippen molar-refractivity contribution in [1.82, 2.24) is 10.2 Å². The fraction of sp³-hybridized carbons (Fsp3) is 0.348. The maximum Gasteiger partial charge on any atom is 0.253 e. The molecule has 0 radical (unpaired) electrons. The van der Waals surface area contributed by atoms with Crippen LogP contribution in [-0.2, 0) is 16.1 Å². The van der Waals surface area contributed by atoms with Crippen molar-refractivity contribution in [3.05, 3.63) is 65.0 Å². The smallest absolute Gasteiger partial charge is 0.253 e. The summed E-state index contributed by atoms with van der Waals surface area (Å²) in [5.41, 5.74) is 2.38. The number of anilines is 1. The van der Waals surface area contributed by atoms with Crippen LogP contribution in [0.15, 0.2) is 42.5 Å². The minimum atomic E-state index is -0.281. The topological polar surface area (TPSA) is 78.5 Å². The Morgan fingerprint density at radius 2 is 1.83 bits per heavy atom. The molecule has 0 spiro atoms. The molecule has 1 fully saturated rings. The maximum absolute atomic E-state index is 13.6. The van der Waals surface area contributed by atoms with Crippen molar-refractivity contribution >= 4 is 23.4 Å². The molecule has 1 aliphatic heterocycles. The van der Waals surface area contributed by atoms with E-state index in [2.05, 4.69) is 10.6 Å². The number of benzene rings is 2. The van der Waals surface area contributed by atoms with Gasteiger partial charge in [-0.05, 0) is 55.2 Å². The van der Waals surface area contributed by atoms with Gasteiger partial charge in [-0.3, -0.25) is 14.4 Å². The van der Waals surface area contributed by atoms with E-state index in [0.717, 1.165) is 5.56 Å². The Morgan fingerprint density at radius 3 is 2.50 bits per heavy atom. The molecule has 0 bridgehead atoms. The number of carbonyl (C=O) groups excluding carboxylic acids is 3. The van der Waals surface area contributed by atoms with E-state index in [4.69, 9.17) is 0 Å². The van der Waals surface area contributed by atoms with Crippen molar-refractivity contribution in [1.29, 1.82) is 0 Å². The highest BCUT2D eigenvalue weighted by Crippen LogP contribution is 2.21. The normalized spacial score (nSPS) is 14.3. The summed E-state index contributed by atoms with van der Waals surface area (Å²) < 4.78 is 13.6. The average molecular weight is 411 g/mol. The van der Waals surface area contributed by atoms with Gasteiger partial charge in [0.2, 0.25) is 11.8 Å². The summed E-state index contributed by atoms with van der Waals surface area (Å²) in [5, 5.41) is 5.54. The summed E-state index contributed by atoms with van der Waals surface area (Å²) in [4.78, 5) is 38.2.